The summed E-state index contributed by atoms with van der Waals surface area (Å²) < 4.78 is 0. The van der Waals surface area contributed by atoms with Crippen LogP contribution in [-0.2, 0) is 6.54 Å². The number of likely N-dealkylation sites (tertiary alicyclic amines) is 1. The molecule has 0 radical (unpaired) electrons. The Bertz CT molecular complexity index is 415. The van der Waals surface area contributed by atoms with E-state index in [9.17, 15) is 5.11 Å². The fourth-order valence-corrected chi connectivity index (χ4v) is 3.07. The van der Waals surface area contributed by atoms with Gasteiger partial charge in [-0.1, -0.05) is 36.5 Å². The SMILES string of the molecule is CCC1CCN(Cc2cc(Cl)cc(Cl)c2O)CC1. The average molecular weight is 288 g/mol. The van der Waals surface area contributed by atoms with Gasteiger partial charge in [-0.2, -0.15) is 0 Å². The molecule has 100 valence electrons. The number of benzene rings is 1. The fourth-order valence-electron chi connectivity index (χ4n) is 2.53. The fraction of sp³-hybridized carbons (Fsp3) is 0.571. The maximum absolute atomic E-state index is 9.93. The molecule has 0 bridgehead atoms. The normalized spacial score (nSPS) is 18.2. The van der Waals surface area contributed by atoms with Crippen LogP contribution in [-0.4, -0.2) is 23.1 Å². The van der Waals surface area contributed by atoms with E-state index in [-0.39, 0.29) is 5.75 Å². The molecule has 1 aliphatic heterocycles. The van der Waals surface area contributed by atoms with Crippen LogP contribution in [0.1, 0.15) is 31.7 Å². The largest absolute Gasteiger partial charge is 0.506 e. The first-order valence-electron chi connectivity index (χ1n) is 6.49. The quantitative estimate of drug-likeness (QED) is 0.895. The van der Waals surface area contributed by atoms with Crippen LogP contribution in [0.25, 0.3) is 0 Å². The molecule has 1 fully saturated rings. The third-order valence-electron chi connectivity index (χ3n) is 3.79. The molecule has 1 saturated heterocycles. The Hall–Kier alpha value is -0.440. The molecule has 0 saturated carbocycles. The molecule has 4 heteroatoms. The Morgan fingerprint density at radius 3 is 2.56 bits per heavy atom. The zero-order valence-electron chi connectivity index (χ0n) is 10.6. The van der Waals surface area contributed by atoms with Gasteiger partial charge in [0.1, 0.15) is 5.75 Å². The second-order valence-electron chi connectivity index (χ2n) is 5.02. The first-order valence-corrected chi connectivity index (χ1v) is 7.25. The second kappa shape index (κ2) is 6.14. The molecule has 0 atom stereocenters. The number of aromatic hydroxyl groups is 1. The maximum Gasteiger partial charge on any atom is 0.138 e. The number of hydrogen-bond donors (Lipinski definition) is 1. The van der Waals surface area contributed by atoms with Crippen LogP contribution in [0.4, 0.5) is 0 Å². The standard InChI is InChI=1S/C14H19Cl2NO/c1-2-10-3-5-17(6-4-10)9-11-7-12(15)8-13(16)14(11)18/h7-8,10,18H,2-6,9H2,1H3. The van der Waals surface area contributed by atoms with Crippen LogP contribution in [0.5, 0.6) is 5.75 Å². The second-order valence-corrected chi connectivity index (χ2v) is 5.87. The molecule has 0 spiro atoms. The first-order chi connectivity index (χ1) is 8.60. The van der Waals surface area contributed by atoms with Gasteiger partial charge in [0, 0.05) is 17.1 Å². The molecule has 1 aromatic carbocycles. The van der Waals surface area contributed by atoms with Gasteiger partial charge < -0.3 is 5.11 Å². The summed E-state index contributed by atoms with van der Waals surface area (Å²) >= 11 is 11.9. The third kappa shape index (κ3) is 3.31. The minimum absolute atomic E-state index is 0.165. The van der Waals surface area contributed by atoms with E-state index in [1.165, 1.54) is 19.3 Å². The highest BCUT2D eigenvalue weighted by Crippen LogP contribution is 2.32. The summed E-state index contributed by atoms with van der Waals surface area (Å²) in [6.45, 7) is 5.15. The Balaban J connectivity index is 2.02. The summed E-state index contributed by atoms with van der Waals surface area (Å²) in [6, 6.07) is 3.37. The molecule has 0 aliphatic carbocycles. The topological polar surface area (TPSA) is 23.5 Å². The van der Waals surface area contributed by atoms with Crippen molar-refractivity contribution in [2.24, 2.45) is 5.92 Å². The first kappa shape index (κ1) is 14.0. The van der Waals surface area contributed by atoms with E-state index in [0.717, 1.165) is 31.1 Å². The Morgan fingerprint density at radius 1 is 1.28 bits per heavy atom. The van der Waals surface area contributed by atoms with Crippen molar-refractivity contribution in [3.05, 3.63) is 27.7 Å². The molecular weight excluding hydrogens is 269 g/mol. The predicted octanol–water partition coefficient (Wildman–Crippen LogP) is 4.32. The van der Waals surface area contributed by atoms with E-state index in [1.807, 2.05) is 0 Å². The van der Waals surface area contributed by atoms with Gasteiger partial charge >= 0.3 is 0 Å². The number of rotatable bonds is 3. The average Bonchev–Trinajstić information content (AvgIpc) is 2.36. The zero-order chi connectivity index (χ0) is 13.1. The van der Waals surface area contributed by atoms with Gasteiger partial charge in [0.25, 0.3) is 0 Å². The molecule has 0 unspecified atom stereocenters. The van der Waals surface area contributed by atoms with Crippen molar-refractivity contribution >= 4 is 23.2 Å². The monoisotopic (exact) mass is 287 g/mol. The Labute approximate surface area is 119 Å². The molecule has 0 amide bonds. The van der Waals surface area contributed by atoms with E-state index in [4.69, 9.17) is 23.2 Å². The third-order valence-corrected chi connectivity index (χ3v) is 4.29. The molecule has 1 aromatic rings. The lowest BCUT2D eigenvalue weighted by molar-refractivity contribution is 0.173. The van der Waals surface area contributed by atoms with E-state index in [2.05, 4.69) is 11.8 Å². The highest BCUT2D eigenvalue weighted by atomic mass is 35.5. The molecule has 18 heavy (non-hydrogen) atoms. The van der Waals surface area contributed by atoms with Gasteiger partial charge in [0.15, 0.2) is 0 Å². The summed E-state index contributed by atoms with van der Waals surface area (Å²) in [5, 5.41) is 10.8. The van der Waals surface area contributed by atoms with Gasteiger partial charge in [-0.15, -0.1) is 0 Å². The lowest BCUT2D eigenvalue weighted by Crippen LogP contribution is -2.33. The van der Waals surface area contributed by atoms with Gasteiger partial charge in [-0.05, 0) is 44.0 Å². The van der Waals surface area contributed by atoms with E-state index < -0.39 is 0 Å². The van der Waals surface area contributed by atoms with Crippen molar-refractivity contribution in [1.82, 2.24) is 4.90 Å². The van der Waals surface area contributed by atoms with E-state index in [1.54, 1.807) is 12.1 Å². The molecule has 1 heterocycles. The van der Waals surface area contributed by atoms with E-state index >= 15 is 0 Å². The number of halogens is 2. The molecule has 1 aliphatic rings. The van der Waals surface area contributed by atoms with Crippen LogP contribution < -0.4 is 0 Å². The van der Waals surface area contributed by atoms with Crippen molar-refractivity contribution in [3.63, 3.8) is 0 Å². The Kier molecular flexibility index (Phi) is 4.77. The molecule has 0 aromatic heterocycles. The van der Waals surface area contributed by atoms with Crippen LogP contribution in [0.2, 0.25) is 10.0 Å². The van der Waals surface area contributed by atoms with Crippen molar-refractivity contribution in [3.8, 4) is 5.75 Å². The highest BCUT2D eigenvalue weighted by molar-refractivity contribution is 6.35. The van der Waals surface area contributed by atoms with Crippen LogP contribution >= 0.6 is 23.2 Å². The van der Waals surface area contributed by atoms with E-state index in [0.29, 0.717) is 10.0 Å². The lowest BCUT2D eigenvalue weighted by Gasteiger charge is -2.31. The smallest absolute Gasteiger partial charge is 0.138 e. The van der Waals surface area contributed by atoms with Crippen molar-refractivity contribution in [2.75, 3.05) is 13.1 Å². The van der Waals surface area contributed by atoms with Crippen molar-refractivity contribution in [1.29, 1.82) is 0 Å². The predicted molar refractivity (Wildman–Crippen MR) is 76.4 cm³/mol. The zero-order valence-corrected chi connectivity index (χ0v) is 12.1. The summed E-state index contributed by atoms with van der Waals surface area (Å²) in [7, 11) is 0. The maximum atomic E-state index is 9.93. The molecule has 2 rings (SSSR count). The van der Waals surface area contributed by atoms with Gasteiger partial charge in [0.05, 0.1) is 5.02 Å². The lowest BCUT2D eigenvalue weighted by atomic mass is 9.94. The number of nitrogens with zero attached hydrogens (tertiary/aromatic N) is 1. The number of phenolic OH excluding ortho intramolecular Hbond substituents is 1. The van der Waals surface area contributed by atoms with Crippen LogP contribution in [0.15, 0.2) is 12.1 Å². The summed E-state index contributed by atoms with van der Waals surface area (Å²) in [4.78, 5) is 2.36. The Morgan fingerprint density at radius 2 is 1.94 bits per heavy atom. The minimum atomic E-state index is 0.165. The molecule has 1 N–H and O–H groups in total. The van der Waals surface area contributed by atoms with Crippen LogP contribution in [0.3, 0.4) is 0 Å². The number of hydrogen-bond acceptors (Lipinski definition) is 2. The van der Waals surface area contributed by atoms with Gasteiger partial charge in [-0.3, -0.25) is 4.90 Å². The summed E-state index contributed by atoms with van der Waals surface area (Å²) in [5.41, 5.74) is 0.822. The number of piperidine rings is 1. The highest BCUT2D eigenvalue weighted by Gasteiger charge is 2.19. The van der Waals surface area contributed by atoms with Crippen molar-refractivity contribution in [2.45, 2.75) is 32.7 Å². The summed E-state index contributed by atoms with van der Waals surface area (Å²) in [5.74, 6) is 1.02. The van der Waals surface area contributed by atoms with Gasteiger partial charge in [-0.25, -0.2) is 0 Å². The van der Waals surface area contributed by atoms with Gasteiger partial charge in [0.2, 0.25) is 0 Å². The summed E-state index contributed by atoms with van der Waals surface area (Å²) in [6.07, 6.45) is 3.75. The van der Waals surface area contributed by atoms with Crippen LogP contribution in [0, 0.1) is 5.92 Å². The molecule has 2 nitrogen and oxygen atoms in total. The number of phenols is 1. The molecular formula is C14H19Cl2NO. The van der Waals surface area contributed by atoms with Crippen molar-refractivity contribution < 1.29 is 5.11 Å². The minimum Gasteiger partial charge on any atom is -0.506 e.